The molecule has 0 spiro atoms. The van der Waals surface area contributed by atoms with Crippen LogP contribution in [0.15, 0.2) is 44.7 Å². The van der Waals surface area contributed by atoms with E-state index in [0.717, 1.165) is 62.4 Å². The van der Waals surface area contributed by atoms with Gasteiger partial charge in [-0.1, -0.05) is 17.3 Å². The molecule has 0 amide bonds. The first-order chi connectivity index (χ1) is 13.7. The number of aliphatic imine (C=N–C) groups is 1. The molecule has 1 aromatic heterocycles. The monoisotopic (exact) mass is 533 g/mol. The first-order valence-electron chi connectivity index (χ1n) is 9.71. The SMILES string of the molecule is CCNC(=NCCSc1ccccc1F)N1CCN(Cc2cc(C)on2)CC1.I. The fourth-order valence-corrected chi connectivity index (χ4v) is 3.92. The van der Waals surface area contributed by atoms with Crippen LogP contribution in [-0.4, -0.2) is 65.9 Å². The molecule has 0 radical (unpaired) electrons. The third-order valence-corrected chi connectivity index (χ3v) is 5.54. The van der Waals surface area contributed by atoms with E-state index in [9.17, 15) is 4.39 Å². The van der Waals surface area contributed by atoms with E-state index in [1.807, 2.05) is 25.1 Å². The van der Waals surface area contributed by atoms with Crippen molar-refractivity contribution in [2.24, 2.45) is 4.99 Å². The van der Waals surface area contributed by atoms with Crippen molar-refractivity contribution >= 4 is 41.7 Å². The maximum Gasteiger partial charge on any atom is 0.194 e. The minimum absolute atomic E-state index is 0. The summed E-state index contributed by atoms with van der Waals surface area (Å²) in [5.74, 6) is 2.38. The lowest BCUT2D eigenvalue weighted by Gasteiger charge is -2.36. The highest BCUT2D eigenvalue weighted by Crippen LogP contribution is 2.20. The largest absolute Gasteiger partial charge is 0.361 e. The summed E-state index contributed by atoms with van der Waals surface area (Å²) in [7, 11) is 0. The molecule has 1 aliphatic rings. The lowest BCUT2D eigenvalue weighted by atomic mass is 10.3. The summed E-state index contributed by atoms with van der Waals surface area (Å²) >= 11 is 1.50. The van der Waals surface area contributed by atoms with Crippen molar-refractivity contribution < 1.29 is 8.91 Å². The zero-order valence-corrected chi connectivity index (χ0v) is 20.1. The number of nitrogens with zero attached hydrogens (tertiary/aromatic N) is 4. The van der Waals surface area contributed by atoms with Gasteiger partial charge in [-0.05, 0) is 26.0 Å². The number of halogens is 2. The van der Waals surface area contributed by atoms with Crippen molar-refractivity contribution in [3.8, 4) is 0 Å². The molecule has 2 aromatic rings. The summed E-state index contributed by atoms with van der Waals surface area (Å²) in [5.41, 5.74) is 0.983. The van der Waals surface area contributed by atoms with Crippen molar-refractivity contribution in [1.82, 2.24) is 20.3 Å². The molecule has 1 N–H and O–H groups in total. The summed E-state index contributed by atoms with van der Waals surface area (Å²) in [6, 6.07) is 8.87. The van der Waals surface area contributed by atoms with Crippen LogP contribution in [0, 0.1) is 12.7 Å². The molecule has 6 nitrogen and oxygen atoms in total. The third-order valence-electron chi connectivity index (χ3n) is 4.52. The summed E-state index contributed by atoms with van der Waals surface area (Å²) in [6.45, 7) is 10.0. The first kappa shape index (κ1) is 23.9. The minimum Gasteiger partial charge on any atom is -0.361 e. The van der Waals surface area contributed by atoms with Gasteiger partial charge in [0.05, 0.1) is 12.2 Å². The fraction of sp³-hybridized carbons (Fsp3) is 0.500. The van der Waals surface area contributed by atoms with Crippen LogP contribution in [0.2, 0.25) is 0 Å². The predicted molar refractivity (Wildman–Crippen MR) is 127 cm³/mol. The van der Waals surface area contributed by atoms with E-state index in [-0.39, 0.29) is 29.8 Å². The summed E-state index contributed by atoms with van der Waals surface area (Å²) in [6.07, 6.45) is 0. The highest BCUT2D eigenvalue weighted by Gasteiger charge is 2.20. The Morgan fingerprint density at radius 2 is 2.03 bits per heavy atom. The molecule has 2 heterocycles. The molecule has 1 saturated heterocycles. The van der Waals surface area contributed by atoms with E-state index < -0.39 is 0 Å². The molecule has 9 heteroatoms. The number of hydrogen-bond donors (Lipinski definition) is 1. The van der Waals surface area contributed by atoms with Gasteiger partial charge in [-0.2, -0.15) is 0 Å². The molecule has 0 unspecified atom stereocenters. The van der Waals surface area contributed by atoms with Crippen LogP contribution in [0.25, 0.3) is 0 Å². The van der Waals surface area contributed by atoms with Gasteiger partial charge in [0.1, 0.15) is 11.6 Å². The van der Waals surface area contributed by atoms with Crippen molar-refractivity contribution in [1.29, 1.82) is 0 Å². The topological polar surface area (TPSA) is 56.9 Å². The van der Waals surface area contributed by atoms with Crippen molar-refractivity contribution in [3.05, 3.63) is 47.6 Å². The lowest BCUT2D eigenvalue weighted by Crippen LogP contribution is -2.52. The number of aromatic nitrogens is 1. The number of nitrogens with one attached hydrogen (secondary N) is 1. The second-order valence-corrected chi connectivity index (χ2v) is 7.84. The fourth-order valence-electron chi connectivity index (χ4n) is 3.13. The lowest BCUT2D eigenvalue weighted by molar-refractivity contribution is 0.169. The molecule has 3 rings (SSSR count). The van der Waals surface area contributed by atoms with E-state index in [1.165, 1.54) is 17.8 Å². The van der Waals surface area contributed by atoms with Gasteiger partial charge >= 0.3 is 0 Å². The Balaban J connectivity index is 0.00000300. The molecule has 1 aliphatic heterocycles. The van der Waals surface area contributed by atoms with Crippen LogP contribution in [0.4, 0.5) is 4.39 Å². The quantitative estimate of drug-likeness (QED) is 0.193. The Morgan fingerprint density at radius 1 is 1.28 bits per heavy atom. The average molecular weight is 533 g/mol. The smallest absolute Gasteiger partial charge is 0.194 e. The molecule has 29 heavy (non-hydrogen) atoms. The Kier molecular flexibility index (Phi) is 10.2. The van der Waals surface area contributed by atoms with Gasteiger partial charge in [0.15, 0.2) is 5.96 Å². The van der Waals surface area contributed by atoms with Gasteiger partial charge in [0, 0.05) is 56.0 Å². The van der Waals surface area contributed by atoms with Crippen LogP contribution in [0.5, 0.6) is 0 Å². The van der Waals surface area contributed by atoms with E-state index in [4.69, 9.17) is 9.52 Å². The van der Waals surface area contributed by atoms with Crippen molar-refractivity contribution in [2.75, 3.05) is 45.0 Å². The zero-order chi connectivity index (χ0) is 19.8. The Bertz CT molecular complexity index is 780. The molecule has 0 atom stereocenters. The third kappa shape index (κ3) is 7.45. The first-order valence-corrected chi connectivity index (χ1v) is 10.7. The van der Waals surface area contributed by atoms with Crippen LogP contribution in [-0.2, 0) is 6.54 Å². The molecule has 0 saturated carbocycles. The van der Waals surface area contributed by atoms with Gasteiger partial charge in [-0.3, -0.25) is 9.89 Å². The molecule has 0 bridgehead atoms. The van der Waals surface area contributed by atoms with E-state index in [2.05, 4.69) is 27.2 Å². The normalized spacial score (nSPS) is 15.3. The highest BCUT2D eigenvalue weighted by atomic mass is 127. The molecule has 1 aromatic carbocycles. The van der Waals surface area contributed by atoms with Gasteiger partial charge in [0.25, 0.3) is 0 Å². The number of piperazine rings is 1. The van der Waals surface area contributed by atoms with Crippen LogP contribution < -0.4 is 5.32 Å². The van der Waals surface area contributed by atoms with Crippen molar-refractivity contribution in [2.45, 2.75) is 25.3 Å². The number of aryl methyl sites for hydroxylation is 1. The number of thioether (sulfide) groups is 1. The summed E-state index contributed by atoms with van der Waals surface area (Å²) in [5, 5.41) is 7.46. The predicted octanol–water partition coefficient (Wildman–Crippen LogP) is 3.62. The molecule has 0 aliphatic carbocycles. The molecular weight excluding hydrogens is 504 g/mol. The van der Waals surface area contributed by atoms with Crippen LogP contribution in [0.1, 0.15) is 18.4 Å². The Labute approximate surface area is 193 Å². The van der Waals surface area contributed by atoms with E-state index in [0.29, 0.717) is 11.4 Å². The summed E-state index contributed by atoms with van der Waals surface area (Å²) in [4.78, 5) is 10.1. The molecule has 1 fully saturated rings. The second kappa shape index (κ2) is 12.4. The van der Waals surface area contributed by atoms with Gasteiger partial charge in [-0.15, -0.1) is 35.7 Å². The Hall–Kier alpha value is -1.33. The van der Waals surface area contributed by atoms with Gasteiger partial charge < -0.3 is 14.7 Å². The van der Waals surface area contributed by atoms with E-state index in [1.54, 1.807) is 6.07 Å². The zero-order valence-electron chi connectivity index (χ0n) is 16.9. The van der Waals surface area contributed by atoms with Crippen LogP contribution in [0.3, 0.4) is 0 Å². The average Bonchev–Trinajstić information content (AvgIpc) is 3.11. The molecule has 160 valence electrons. The van der Waals surface area contributed by atoms with Gasteiger partial charge in [-0.25, -0.2) is 4.39 Å². The number of guanidine groups is 1. The van der Waals surface area contributed by atoms with Gasteiger partial charge in [0.2, 0.25) is 0 Å². The maximum absolute atomic E-state index is 13.7. The number of rotatable bonds is 7. The number of hydrogen-bond acceptors (Lipinski definition) is 5. The second-order valence-electron chi connectivity index (χ2n) is 6.71. The maximum atomic E-state index is 13.7. The Morgan fingerprint density at radius 3 is 2.69 bits per heavy atom. The summed E-state index contributed by atoms with van der Waals surface area (Å²) < 4.78 is 18.8. The molecular formula is C20H29FIN5OS. The number of benzene rings is 1. The van der Waals surface area contributed by atoms with Crippen LogP contribution >= 0.6 is 35.7 Å². The minimum atomic E-state index is -0.165. The highest BCUT2D eigenvalue weighted by molar-refractivity contribution is 14.0. The standard InChI is InChI=1S/C20H28FN5OS.HI/c1-3-22-20(23-8-13-28-19-7-5-4-6-18(19)21)26-11-9-25(10-12-26)15-17-14-16(2)27-24-17;/h4-7,14H,3,8-13,15H2,1-2H3,(H,22,23);1H. The van der Waals surface area contributed by atoms with E-state index >= 15 is 0 Å². The van der Waals surface area contributed by atoms with Crippen molar-refractivity contribution in [3.63, 3.8) is 0 Å².